The number of nitrogens with one attached hydrogen (secondary N) is 1. The van der Waals surface area contributed by atoms with Gasteiger partial charge in [-0.3, -0.25) is 9.89 Å². The molecule has 1 aromatic rings. The fourth-order valence-corrected chi connectivity index (χ4v) is 3.30. The molecule has 1 saturated heterocycles. The van der Waals surface area contributed by atoms with Crippen molar-refractivity contribution < 1.29 is 13.2 Å². The minimum atomic E-state index is -3.01. The van der Waals surface area contributed by atoms with Gasteiger partial charge in [0.1, 0.15) is 6.33 Å². The second kappa shape index (κ2) is 3.85. The first-order valence-corrected chi connectivity index (χ1v) is 6.68. The van der Waals surface area contributed by atoms with E-state index in [1.807, 2.05) is 0 Å². The van der Waals surface area contributed by atoms with E-state index in [4.69, 9.17) is 0 Å². The van der Waals surface area contributed by atoms with Crippen LogP contribution in [0.1, 0.15) is 17.5 Å². The monoisotopic (exact) mass is 244 g/mol. The van der Waals surface area contributed by atoms with E-state index in [9.17, 15) is 13.2 Å². The Morgan fingerprint density at radius 3 is 2.94 bits per heavy atom. The zero-order valence-corrected chi connectivity index (χ0v) is 9.57. The van der Waals surface area contributed by atoms with Gasteiger partial charge in [0.15, 0.2) is 9.84 Å². The summed E-state index contributed by atoms with van der Waals surface area (Å²) in [7, 11) is -3.01. The number of amides is 1. The van der Waals surface area contributed by atoms with E-state index in [1.165, 1.54) is 11.2 Å². The van der Waals surface area contributed by atoms with Gasteiger partial charge in [0, 0.05) is 12.6 Å². The third kappa shape index (κ3) is 2.06. The molecule has 1 unspecified atom stereocenters. The zero-order chi connectivity index (χ0) is 11.8. The van der Waals surface area contributed by atoms with Gasteiger partial charge in [-0.1, -0.05) is 0 Å². The van der Waals surface area contributed by atoms with Gasteiger partial charge < -0.3 is 4.90 Å². The van der Waals surface area contributed by atoms with Gasteiger partial charge in [0.25, 0.3) is 5.91 Å². The summed E-state index contributed by atoms with van der Waals surface area (Å²) in [6, 6.07) is -0.323. The molecule has 1 amide bonds. The maximum Gasteiger partial charge on any atom is 0.291 e. The van der Waals surface area contributed by atoms with E-state index in [1.54, 1.807) is 6.92 Å². The minimum Gasteiger partial charge on any atom is -0.331 e. The Kier molecular flexibility index (Phi) is 2.66. The van der Waals surface area contributed by atoms with Crippen LogP contribution in [0.15, 0.2) is 6.33 Å². The van der Waals surface area contributed by atoms with Crippen LogP contribution in [0.5, 0.6) is 0 Å². The Bertz CT molecular complexity index is 481. The smallest absolute Gasteiger partial charge is 0.291 e. The standard InChI is InChI=1S/C8H12N4O3S/c1-6-4-16(14,15)3-2-12(6)8(13)7-9-5-10-11-7/h5-6H,2-4H2,1H3,(H,9,10,11). The molecule has 1 aliphatic rings. The topological polar surface area (TPSA) is 96.0 Å². The lowest BCUT2D eigenvalue weighted by atomic mass is 10.3. The lowest BCUT2D eigenvalue weighted by molar-refractivity contribution is 0.0700. The van der Waals surface area contributed by atoms with Gasteiger partial charge in [-0.05, 0) is 6.92 Å². The molecule has 2 rings (SSSR count). The number of hydrogen-bond acceptors (Lipinski definition) is 5. The lowest BCUT2D eigenvalue weighted by Gasteiger charge is -2.32. The molecule has 0 radical (unpaired) electrons. The maximum absolute atomic E-state index is 11.9. The highest BCUT2D eigenvalue weighted by Gasteiger charge is 2.32. The number of sulfone groups is 1. The van der Waals surface area contributed by atoms with Crippen molar-refractivity contribution in [1.82, 2.24) is 20.1 Å². The molecule has 0 bridgehead atoms. The Morgan fingerprint density at radius 1 is 1.62 bits per heavy atom. The van der Waals surface area contributed by atoms with Crippen LogP contribution in [0, 0.1) is 0 Å². The van der Waals surface area contributed by atoms with Crippen LogP contribution in [-0.4, -0.2) is 58.5 Å². The average molecular weight is 244 g/mol. The largest absolute Gasteiger partial charge is 0.331 e. The highest BCUT2D eigenvalue weighted by Crippen LogP contribution is 2.13. The zero-order valence-electron chi connectivity index (χ0n) is 8.75. The Balaban J connectivity index is 2.15. The number of aromatic amines is 1. The van der Waals surface area contributed by atoms with Crippen molar-refractivity contribution in [3.05, 3.63) is 12.2 Å². The van der Waals surface area contributed by atoms with Crippen molar-refractivity contribution in [3.8, 4) is 0 Å². The molecule has 2 heterocycles. The van der Waals surface area contributed by atoms with Crippen molar-refractivity contribution >= 4 is 15.7 Å². The quantitative estimate of drug-likeness (QED) is 0.688. The van der Waals surface area contributed by atoms with Crippen molar-refractivity contribution in [3.63, 3.8) is 0 Å². The van der Waals surface area contributed by atoms with Gasteiger partial charge in [0.05, 0.1) is 11.5 Å². The fourth-order valence-electron chi connectivity index (χ4n) is 1.74. The molecule has 8 heteroatoms. The summed E-state index contributed by atoms with van der Waals surface area (Å²) >= 11 is 0. The first kappa shape index (κ1) is 11.1. The van der Waals surface area contributed by atoms with Gasteiger partial charge in [-0.2, -0.15) is 5.10 Å². The molecule has 1 fully saturated rings. The third-order valence-corrected chi connectivity index (χ3v) is 4.34. The fraction of sp³-hybridized carbons (Fsp3) is 0.625. The van der Waals surface area contributed by atoms with Gasteiger partial charge in [-0.25, -0.2) is 13.4 Å². The summed E-state index contributed by atoms with van der Waals surface area (Å²) in [5.41, 5.74) is 0. The average Bonchev–Trinajstić information content (AvgIpc) is 2.68. The number of rotatable bonds is 1. The molecule has 7 nitrogen and oxygen atoms in total. The van der Waals surface area contributed by atoms with Crippen molar-refractivity contribution in [2.45, 2.75) is 13.0 Å². The van der Waals surface area contributed by atoms with Crippen LogP contribution in [0.4, 0.5) is 0 Å². The summed E-state index contributed by atoms with van der Waals surface area (Å²) in [6.07, 6.45) is 1.25. The van der Waals surface area contributed by atoms with Crippen molar-refractivity contribution in [1.29, 1.82) is 0 Å². The highest BCUT2D eigenvalue weighted by atomic mass is 32.2. The van der Waals surface area contributed by atoms with Crippen LogP contribution in [-0.2, 0) is 9.84 Å². The van der Waals surface area contributed by atoms with E-state index in [0.29, 0.717) is 0 Å². The molecule has 16 heavy (non-hydrogen) atoms. The maximum atomic E-state index is 11.9. The molecule has 0 saturated carbocycles. The molecule has 0 aliphatic carbocycles. The Labute approximate surface area is 92.8 Å². The Hall–Kier alpha value is -1.44. The summed E-state index contributed by atoms with van der Waals surface area (Å²) in [5.74, 6) is -0.143. The number of carbonyl (C=O) groups excluding carboxylic acids is 1. The second-order valence-corrected chi connectivity index (χ2v) is 6.02. The summed E-state index contributed by atoms with van der Waals surface area (Å²) < 4.78 is 22.7. The van der Waals surface area contributed by atoms with E-state index in [2.05, 4.69) is 15.2 Å². The molecule has 1 aromatic heterocycles. The summed E-state index contributed by atoms with van der Waals surface area (Å²) in [6.45, 7) is 1.92. The molecule has 1 aliphatic heterocycles. The van der Waals surface area contributed by atoms with E-state index < -0.39 is 9.84 Å². The first-order chi connectivity index (χ1) is 7.49. The molecule has 0 aromatic carbocycles. The predicted molar refractivity (Wildman–Crippen MR) is 55.5 cm³/mol. The van der Waals surface area contributed by atoms with Crippen molar-refractivity contribution in [2.24, 2.45) is 0 Å². The van der Waals surface area contributed by atoms with Crippen LogP contribution >= 0.6 is 0 Å². The minimum absolute atomic E-state index is 0.00682. The van der Waals surface area contributed by atoms with Gasteiger partial charge in [-0.15, -0.1) is 0 Å². The molecule has 1 atom stereocenters. The van der Waals surface area contributed by atoms with E-state index >= 15 is 0 Å². The first-order valence-electron chi connectivity index (χ1n) is 4.86. The van der Waals surface area contributed by atoms with Gasteiger partial charge in [0.2, 0.25) is 5.82 Å². The molecule has 1 N–H and O–H groups in total. The second-order valence-electron chi connectivity index (χ2n) is 3.80. The molecular weight excluding hydrogens is 232 g/mol. The third-order valence-electron chi connectivity index (χ3n) is 2.55. The highest BCUT2D eigenvalue weighted by molar-refractivity contribution is 7.91. The SMILES string of the molecule is CC1CS(=O)(=O)CCN1C(=O)c1ncn[nH]1. The summed E-state index contributed by atoms with van der Waals surface area (Å²) in [5, 5.41) is 6.06. The normalized spacial score (nSPS) is 24.3. The van der Waals surface area contributed by atoms with Crippen LogP contribution in [0.25, 0.3) is 0 Å². The van der Waals surface area contributed by atoms with Crippen LogP contribution < -0.4 is 0 Å². The van der Waals surface area contributed by atoms with Crippen LogP contribution in [0.2, 0.25) is 0 Å². The lowest BCUT2D eigenvalue weighted by Crippen LogP contribution is -2.50. The predicted octanol–water partition coefficient (Wildman–Crippen LogP) is -0.936. The Morgan fingerprint density at radius 2 is 2.38 bits per heavy atom. The van der Waals surface area contributed by atoms with Crippen molar-refractivity contribution in [2.75, 3.05) is 18.1 Å². The summed E-state index contributed by atoms with van der Waals surface area (Å²) in [4.78, 5) is 17.1. The number of aromatic nitrogens is 3. The van der Waals surface area contributed by atoms with Crippen LogP contribution in [0.3, 0.4) is 0 Å². The number of carbonyl (C=O) groups is 1. The van der Waals surface area contributed by atoms with Gasteiger partial charge >= 0.3 is 0 Å². The number of hydrogen-bond donors (Lipinski definition) is 1. The number of H-pyrrole nitrogens is 1. The van der Waals surface area contributed by atoms with E-state index in [0.717, 1.165) is 0 Å². The van der Waals surface area contributed by atoms with E-state index in [-0.39, 0.29) is 35.8 Å². The molecular formula is C8H12N4O3S. The molecule has 88 valence electrons. The number of nitrogens with zero attached hydrogens (tertiary/aromatic N) is 3. The molecule has 0 spiro atoms.